The molecular weight excluding hydrogens is 228 g/mol. The number of nitrogens with one attached hydrogen (secondary N) is 2. The lowest BCUT2D eigenvalue weighted by molar-refractivity contribution is -0.121. The third kappa shape index (κ3) is 3.47. The Hall–Kier alpha value is -1.55. The molecule has 0 radical (unpaired) electrons. The van der Waals surface area contributed by atoms with Crippen LogP contribution in [0.4, 0.5) is 11.4 Å². The fraction of sp³-hybridized carbons (Fsp3) is 0.500. The number of rotatable bonds is 4. The molecule has 1 heterocycles. The SMILES string of the molecule is CC(C)OCC(=O)Nc1ccc2c(c1)CCCN2. The molecule has 0 atom stereocenters. The topological polar surface area (TPSA) is 50.4 Å². The highest BCUT2D eigenvalue weighted by Crippen LogP contribution is 2.24. The summed E-state index contributed by atoms with van der Waals surface area (Å²) in [6.45, 7) is 4.96. The maximum absolute atomic E-state index is 11.6. The van der Waals surface area contributed by atoms with Crippen molar-refractivity contribution in [1.29, 1.82) is 0 Å². The molecule has 2 rings (SSSR count). The van der Waals surface area contributed by atoms with Crippen LogP contribution in [0, 0.1) is 0 Å². The van der Waals surface area contributed by atoms with Crippen molar-refractivity contribution < 1.29 is 9.53 Å². The minimum Gasteiger partial charge on any atom is -0.385 e. The van der Waals surface area contributed by atoms with Gasteiger partial charge >= 0.3 is 0 Å². The van der Waals surface area contributed by atoms with Crippen molar-refractivity contribution in [1.82, 2.24) is 0 Å². The van der Waals surface area contributed by atoms with Crippen molar-refractivity contribution in [2.75, 3.05) is 23.8 Å². The molecule has 1 aliphatic rings. The summed E-state index contributed by atoms with van der Waals surface area (Å²) in [5, 5.41) is 6.20. The summed E-state index contributed by atoms with van der Waals surface area (Å²) >= 11 is 0. The average molecular weight is 248 g/mol. The van der Waals surface area contributed by atoms with Crippen molar-refractivity contribution in [3.05, 3.63) is 23.8 Å². The van der Waals surface area contributed by atoms with Gasteiger partial charge in [0.1, 0.15) is 6.61 Å². The number of hydrogen-bond donors (Lipinski definition) is 2. The van der Waals surface area contributed by atoms with Crippen molar-refractivity contribution in [2.45, 2.75) is 32.8 Å². The summed E-state index contributed by atoms with van der Waals surface area (Å²) in [7, 11) is 0. The van der Waals surface area contributed by atoms with Crippen LogP contribution in [0.25, 0.3) is 0 Å². The molecule has 0 fully saturated rings. The monoisotopic (exact) mass is 248 g/mol. The van der Waals surface area contributed by atoms with E-state index in [1.807, 2.05) is 32.0 Å². The van der Waals surface area contributed by atoms with E-state index >= 15 is 0 Å². The number of ether oxygens (including phenoxy) is 1. The third-order valence-electron chi connectivity index (χ3n) is 2.88. The highest BCUT2D eigenvalue weighted by molar-refractivity contribution is 5.92. The number of aryl methyl sites for hydroxylation is 1. The van der Waals surface area contributed by atoms with Gasteiger partial charge in [0.25, 0.3) is 0 Å². The van der Waals surface area contributed by atoms with Crippen LogP contribution in [0.3, 0.4) is 0 Å². The van der Waals surface area contributed by atoms with E-state index in [0.717, 1.165) is 25.1 Å². The fourth-order valence-corrected chi connectivity index (χ4v) is 1.99. The van der Waals surface area contributed by atoms with Crippen LogP contribution in [0.1, 0.15) is 25.8 Å². The minimum atomic E-state index is -0.104. The largest absolute Gasteiger partial charge is 0.385 e. The summed E-state index contributed by atoms with van der Waals surface area (Å²) in [5.41, 5.74) is 3.29. The van der Waals surface area contributed by atoms with Gasteiger partial charge < -0.3 is 15.4 Å². The lowest BCUT2D eigenvalue weighted by atomic mass is 10.0. The molecule has 4 nitrogen and oxygen atoms in total. The van der Waals surface area contributed by atoms with Crippen LogP contribution in [0.15, 0.2) is 18.2 Å². The summed E-state index contributed by atoms with van der Waals surface area (Å²) in [6.07, 6.45) is 2.28. The molecule has 0 aromatic heterocycles. The Bertz CT molecular complexity index is 430. The first-order valence-electron chi connectivity index (χ1n) is 6.43. The number of carbonyl (C=O) groups is 1. The molecule has 0 spiro atoms. The molecule has 0 unspecified atom stereocenters. The van der Waals surface area contributed by atoms with Crippen molar-refractivity contribution in [3.63, 3.8) is 0 Å². The smallest absolute Gasteiger partial charge is 0.250 e. The van der Waals surface area contributed by atoms with Gasteiger partial charge in [-0.1, -0.05) is 0 Å². The normalized spacial score (nSPS) is 13.9. The average Bonchev–Trinajstić information content (AvgIpc) is 2.36. The number of amides is 1. The lowest BCUT2D eigenvalue weighted by Crippen LogP contribution is -2.21. The van der Waals surface area contributed by atoms with Gasteiger partial charge in [0.15, 0.2) is 0 Å². The second-order valence-electron chi connectivity index (χ2n) is 4.81. The zero-order chi connectivity index (χ0) is 13.0. The fourth-order valence-electron chi connectivity index (χ4n) is 1.99. The maximum atomic E-state index is 11.6. The summed E-state index contributed by atoms with van der Waals surface area (Å²) < 4.78 is 5.26. The molecule has 1 amide bonds. The lowest BCUT2D eigenvalue weighted by Gasteiger charge is -2.18. The van der Waals surface area contributed by atoms with Crippen molar-refractivity contribution in [3.8, 4) is 0 Å². The second-order valence-corrected chi connectivity index (χ2v) is 4.81. The molecular formula is C14H20N2O2. The Morgan fingerprint density at radius 2 is 2.33 bits per heavy atom. The van der Waals surface area contributed by atoms with E-state index in [1.54, 1.807) is 0 Å². The Labute approximate surface area is 108 Å². The van der Waals surface area contributed by atoms with E-state index in [1.165, 1.54) is 11.3 Å². The molecule has 1 aromatic carbocycles. The van der Waals surface area contributed by atoms with Crippen LogP contribution in [-0.4, -0.2) is 25.2 Å². The highest BCUT2D eigenvalue weighted by atomic mass is 16.5. The number of carbonyl (C=O) groups excluding carboxylic acids is 1. The predicted octanol–water partition coefficient (Wildman–Crippen LogP) is 2.41. The molecule has 18 heavy (non-hydrogen) atoms. The van der Waals surface area contributed by atoms with Crippen LogP contribution in [-0.2, 0) is 16.0 Å². The molecule has 98 valence electrons. The Kier molecular flexibility index (Phi) is 4.20. The van der Waals surface area contributed by atoms with Gasteiger partial charge in [0.2, 0.25) is 5.91 Å². The molecule has 0 saturated carbocycles. The zero-order valence-corrected chi connectivity index (χ0v) is 11.0. The molecule has 4 heteroatoms. The van der Waals surface area contributed by atoms with Crippen LogP contribution >= 0.6 is 0 Å². The van der Waals surface area contributed by atoms with Crippen molar-refractivity contribution >= 4 is 17.3 Å². The predicted molar refractivity (Wildman–Crippen MR) is 73.0 cm³/mol. The van der Waals surface area contributed by atoms with E-state index in [-0.39, 0.29) is 18.6 Å². The van der Waals surface area contributed by atoms with E-state index in [0.29, 0.717) is 0 Å². The van der Waals surface area contributed by atoms with Crippen molar-refractivity contribution in [2.24, 2.45) is 0 Å². The molecule has 1 aromatic rings. The Morgan fingerprint density at radius 1 is 1.50 bits per heavy atom. The van der Waals surface area contributed by atoms with Crippen LogP contribution < -0.4 is 10.6 Å². The maximum Gasteiger partial charge on any atom is 0.250 e. The van der Waals surface area contributed by atoms with Gasteiger partial charge in [-0.15, -0.1) is 0 Å². The standard InChI is InChI=1S/C14H20N2O2/c1-10(2)18-9-14(17)16-12-5-6-13-11(8-12)4-3-7-15-13/h5-6,8,10,15H,3-4,7,9H2,1-2H3,(H,16,17). The van der Waals surface area contributed by atoms with E-state index in [9.17, 15) is 4.79 Å². The Morgan fingerprint density at radius 3 is 3.11 bits per heavy atom. The number of anilines is 2. The van der Waals surface area contributed by atoms with Gasteiger partial charge in [0.05, 0.1) is 6.10 Å². The van der Waals surface area contributed by atoms with Gasteiger partial charge in [-0.05, 0) is 50.5 Å². The molecule has 0 saturated heterocycles. The van der Waals surface area contributed by atoms with Crippen LogP contribution in [0.5, 0.6) is 0 Å². The van der Waals surface area contributed by atoms with Gasteiger partial charge in [-0.25, -0.2) is 0 Å². The number of hydrogen-bond acceptors (Lipinski definition) is 3. The molecule has 0 bridgehead atoms. The van der Waals surface area contributed by atoms with E-state index in [2.05, 4.69) is 10.6 Å². The summed E-state index contributed by atoms with van der Waals surface area (Å²) in [6, 6.07) is 5.98. The zero-order valence-electron chi connectivity index (χ0n) is 11.0. The Balaban J connectivity index is 1.95. The number of fused-ring (bicyclic) bond motifs is 1. The molecule has 0 aliphatic carbocycles. The first kappa shape index (κ1) is 12.9. The molecule has 2 N–H and O–H groups in total. The summed E-state index contributed by atoms with van der Waals surface area (Å²) in [4.78, 5) is 11.6. The van der Waals surface area contributed by atoms with E-state index in [4.69, 9.17) is 4.74 Å². The second kappa shape index (κ2) is 5.87. The van der Waals surface area contributed by atoms with E-state index < -0.39 is 0 Å². The third-order valence-corrected chi connectivity index (χ3v) is 2.88. The van der Waals surface area contributed by atoms with Gasteiger partial charge in [-0.3, -0.25) is 4.79 Å². The quantitative estimate of drug-likeness (QED) is 0.860. The van der Waals surface area contributed by atoms with Crippen LogP contribution in [0.2, 0.25) is 0 Å². The van der Waals surface area contributed by atoms with Gasteiger partial charge in [-0.2, -0.15) is 0 Å². The van der Waals surface area contributed by atoms with Gasteiger partial charge in [0, 0.05) is 17.9 Å². The first-order valence-corrected chi connectivity index (χ1v) is 6.43. The number of benzene rings is 1. The molecule has 1 aliphatic heterocycles. The summed E-state index contributed by atoms with van der Waals surface area (Å²) in [5.74, 6) is -0.104. The minimum absolute atomic E-state index is 0.0727. The first-order chi connectivity index (χ1) is 8.65. The highest BCUT2D eigenvalue weighted by Gasteiger charge is 2.10.